The molecular formula is C16H23ClN2O2. The first-order valence-corrected chi connectivity index (χ1v) is 7.77. The molecule has 0 radical (unpaired) electrons. The summed E-state index contributed by atoms with van der Waals surface area (Å²) in [6.45, 7) is 5.03. The molecule has 5 heteroatoms. The van der Waals surface area contributed by atoms with Crippen LogP contribution in [0.25, 0.3) is 0 Å². The van der Waals surface area contributed by atoms with E-state index in [0.29, 0.717) is 18.5 Å². The Morgan fingerprint density at radius 2 is 2.14 bits per heavy atom. The van der Waals surface area contributed by atoms with Gasteiger partial charge in [-0.25, -0.2) is 0 Å². The molecule has 2 atom stereocenters. The summed E-state index contributed by atoms with van der Waals surface area (Å²) in [6.07, 6.45) is 1.32. The molecular weight excluding hydrogens is 288 g/mol. The lowest BCUT2D eigenvalue weighted by Crippen LogP contribution is -2.51. The minimum atomic E-state index is -0.132. The zero-order valence-electron chi connectivity index (χ0n) is 12.6. The van der Waals surface area contributed by atoms with Gasteiger partial charge < -0.3 is 10.1 Å². The van der Waals surface area contributed by atoms with Crippen LogP contribution in [0, 0.1) is 0 Å². The number of halogens is 1. The highest BCUT2D eigenvalue weighted by molar-refractivity contribution is 6.30. The second-order valence-corrected chi connectivity index (χ2v) is 5.97. The SMILES string of the molecule is COC(=O)CCCN1C[C@H](c2ccc(Cl)cc2)NC[C@H]1C. The van der Waals surface area contributed by atoms with E-state index in [0.717, 1.165) is 31.1 Å². The van der Waals surface area contributed by atoms with Crippen molar-refractivity contribution in [2.45, 2.75) is 31.8 Å². The van der Waals surface area contributed by atoms with Gasteiger partial charge in [-0.15, -0.1) is 0 Å². The van der Waals surface area contributed by atoms with Gasteiger partial charge in [0.2, 0.25) is 0 Å². The number of esters is 1. The topological polar surface area (TPSA) is 41.6 Å². The fraction of sp³-hybridized carbons (Fsp3) is 0.562. The summed E-state index contributed by atoms with van der Waals surface area (Å²) in [4.78, 5) is 13.6. The zero-order valence-corrected chi connectivity index (χ0v) is 13.4. The molecule has 21 heavy (non-hydrogen) atoms. The quantitative estimate of drug-likeness (QED) is 0.849. The van der Waals surface area contributed by atoms with E-state index in [2.05, 4.69) is 34.0 Å². The van der Waals surface area contributed by atoms with E-state index in [9.17, 15) is 4.79 Å². The fourth-order valence-corrected chi connectivity index (χ4v) is 2.81. The first-order chi connectivity index (χ1) is 10.1. The molecule has 1 heterocycles. The normalized spacial score (nSPS) is 23.0. The van der Waals surface area contributed by atoms with Gasteiger partial charge in [-0.05, 0) is 37.6 Å². The highest BCUT2D eigenvalue weighted by Crippen LogP contribution is 2.22. The van der Waals surface area contributed by atoms with Crippen molar-refractivity contribution in [3.8, 4) is 0 Å². The molecule has 4 nitrogen and oxygen atoms in total. The Bertz CT molecular complexity index is 464. The Balaban J connectivity index is 1.89. The number of nitrogens with zero attached hydrogens (tertiary/aromatic N) is 1. The predicted octanol–water partition coefficient (Wildman–Crippen LogP) is 2.63. The smallest absolute Gasteiger partial charge is 0.305 e. The maximum Gasteiger partial charge on any atom is 0.305 e. The molecule has 0 aromatic heterocycles. The summed E-state index contributed by atoms with van der Waals surface area (Å²) >= 11 is 5.94. The zero-order chi connectivity index (χ0) is 15.2. The molecule has 0 saturated carbocycles. The van der Waals surface area contributed by atoms with Crippen molar-refractivity contribution in [2.75, 3.05) is 26.7 Å². The molecule has 1 aromatic carbocycles. The second-order valence-electron chi connectivity index (χ2n) is 5.54. The number of ether oxygens (including phenoxy) is 1. The standard InChI is InChI=1S/C16H23ClN2O2/c1-12-10-18-15(13-5-7-14(17)8-6-13)11-19(12)9-3-4-16(20)21-2/h5-8,12,15,18H,3-4,9-11H2,1-2H3/t12-,15-/m1/s1. The number of hydrogen-bond donors (Lipinski definition) is 1. The minimum Gasteiger partial charge on any atom is -0.469 e. The van der Waals surface area contributed by atoms with Gasteiger partial charge in [0.1, 0.15) is 0 Å². The largest absolute Gasteiger partial charge is 0.469 e. The van der Waals surface area contributed by atoms with Crippen LogP contribution in [0.2, 0.25) is 5.02 Å². The van der Waals surface area contributed by atoms with Crippen molar-refractivity contribution in [1.29, 1.82) is 0 Å². The Hall–Kier alpha value is -1.10. The number of hydrogen-bond acceptors (Lipinski definition) is 4. The molecule has 0 unspecified atom stereocenters. The molecule has 1 aliphatic heterocycles. The first-order valence-electron chi connectivity index (χ1n) is 7.40. The number of carbonyl (C=O) groups is 1. The second kappa shape index (κ2) is 7.78. The molecule has 116 valence electrons. The van der Waals surface area contributed by atoms with Gasteiger partial charge in [0, 0.05) is 36.6 Å². The number of benzene rings is 1. The van der Waals surface area contributed by atoms with Gasteiger partial charge >= 0.3 is 5.97 Å². The Kier molecular flexibility index (Phi) is 6.03. The van der Waals surface area contributed by atoms with E-state index < -0.39 is 0 Å². The number of piperazine rings is 1. The maximum atomic E-state index is 11.2. The average Bonchev–Trinajstić information content (AvgIpc) is 2.50. The summed E-state index contributed by atoms with van der Waals surface area (Å²) < 4.78 is 4.69. The van der Waals surface area contributed by atoms with Crippen molar-refractivity contribution in [3.63, 3.8) is 0 Å². The monoisotopic (exact) mass is 310 g/mol. The maximum absolute atomic E-state index is 11.2. The van der Waals surface area contributed by atoms with Crippen LogP contribution in [0.3, 0.4) is 0 Å². The fourth-order valence-electron chi connectivity index (χ4n) is 2.68. The van der Waals surface area contributed by atoms with Crippen LogP contribution in [-0.2, 0) is 9.53 Å². The van der Waals surface area contributed by atoms with Crippen molar-refractivity contribution in [2.24, 2.45) is 0 Å². The summed E-state index contributed by atoms with van der Waals surface area (Å²) in [6, 6.07) is 8.80. The summed E-state index contributed by atoms with van der Waals surface area (Å²) in [5.74, 6) is -0.132. The van der Waals surface area contributed by atoms with Crippen molar-refractivity contribution < 1.29 is 9.53 Å². The van der Waals surface area contributed by atoms with E-state index >= 15 is 0 Å². The van der Waals surface area contributed by atoms with Gasteiger partial charge in [0.05, 0.1) is 7.11 Å². The minimum absolute atomic E-state index is 0.132. The number of methoxy groups -OCH3 is 1. The summed E-state index contributed by atoms with van der Waals surface area (Å²) in [7, 11) is 1.44. The van der Waals surface area contributed by atoms with Gasteiger partial charge in [-0.2, -0.15) is 0 Å². The lowest BCUT2D eigenvalue weighted by atomic mass is 10.0. The van der Waals surface area contributed by atoms with Crippen LogP contribution in [0.15, 0.2) is 24.3 Å². The number of nitrogens with one attached hydrogen (secondary N) is 1. The van der Waals surface area contributed by atoms with Crippen molar-refractivity contribution in [3.05, 3.63) is 34.9 Å². The molecule has 1 fully saturated rings. The lowest BCUT2D eigenvalue weighted by Gasteiger charge is -2.39. The molecule has 0 spiro atoms. The van der Waals surface area contributed by atoms with Crippen LogP contribution in [-0.4, -0.2) is 43.7 Å². The van der Waals surface area contributed by atoms with E-state index in [1.165, 1.54) is 12.7 Å². The van der Waals surface area contributed by atoms with E-state index in [1.54, 1.807) is 0 Å². The van der Waals surface area contributed by atoms with Crippen LogP contribution >= 0.6 is 11.6 Å². The van der Waals surface area contributed by atoms with Gasteiger partial charge in [-0.1, -0.05) is 23.7 Å². The van der Waals surface area contributed by atoms with E-state index in [4.69, 9.17) is 11.6 Å². The van der Waals surface area contributed by atoms with Gasteiger partial charge in [-0.3, -0.25) is 9.69 Å². The molecule has 0 bridgehead atoms. The summed E-state index contributed by atoms with van der Waals surface area (Å²) in [5.41, 5.74) is 1.25. The van der Waals surface area contributed by atoms with Crippen molar-refractivity contribution >= 4 is 17.6 Å². The molecule has 1 aromatic rings. The van der Waals surface area contributed by atoms with E-state index in [1.807, 2.05) is 12.1 Å². The average molecular weight is 311 g/mol. The van der Waals surface area contributed by atoms with Crippen LogP contribution in [0.5, 0.6) is 0 Å². The summed E-state index contributed by atoms with van der Waals surface area (Å²) in [5, 5.41) is 4.33. The number of rotatable bonds is 5. The third-order valence-corrected chi connectivity index (χ3v) is 4.28. The number of carbonyl (C=O) groups excluding carboxylic acids is 1. The van der Waals surface area contributed by atoms with Crippen LogP contribution < -0.4 is 5.32 Å². The Morgan fingerprint density at radius 1 is 1.43 bits per heavy atom. The Labute approximate surface area is 131 Å². The van der Waals surface area contributed by atoms with Crippen LogP contribution in [0.1, 0.15) is 31.4 Å². The van der Waals surface area contributed by atoms with E-state index in [-0.39, 0.29) is 5.97 Å². The molecule has 0 aliphatic carbocycles. The van der Waals surface area contributed by atoms with Gasteiger partial charge in [0.25, 0.3) is 0 Å². The predicted molar refractivity (Wildman–Crippen MR) is 84.5 cm³/mol. The molecule has 1 aliphatic rings. The van der Waals surface area contributed by atoms with Crippen LogP contribution in [0.4, 0.5) is 0 Å². The third-order valence-electron chi connectivity index (χ3n) is 4.03. The first kappa shape index (κ1) is 16.3. The highest BCUT2D eigenvalue weighted by atomic mass is 35.5. The van der Waals surface area contributed by atoms with Crippen molar-refractivity contribution in [1.82, 2.24) is 10.2 Å². The van der Waals surface area contributed by atoms with Gasteiger partial charge in [0.15, 0.2) is 0 Å². The molecule has 1 saturated heterocycles. The third kappa shape index (κ3) is 4.70. The molecule has 0 amide bonds. The lowest BCUT2D eigenvalue weighted by molar-refractivity contribution is -0.140. The molecule has 1 N–H and O–H groups in total. The highest BCUT2D eigenvalue weighted by Gasteiger charge is 2.25. The molecule has 2 rings (SSSR count). The Morgan fingerprint density at radius 3 is 2.81 bits per heavy atom.